The first-order chi connectivity index (χ1) is 56.8. The van der Waals surface area contributed by atoms with Gasteiger partial charge in [0.25, 0.3) is 0 Å². The number of likely N-dealkylation sites (N-methyl/N-ethyl adjacent to an activating group) is 1. The Morgan fingerprint density at radius 2 is 1.24 bits per heavy atom. The highest BCUT2D eigenvalue weighted by Crippen LogP contribution is 2.55. The van der Waals surface area contributed by atoms with Crippen LogP contribution in [0.5, 0.6) is 46.0 Å². The molecule has 37 heteroatoms. The van der Waals surface area contributed by atoms with Crippen LogP contribution in [0.25, 0.3) is 11.1 Å². The molecule has 3 saturated heterocycles. The fourth-order valence-electron chi connectivity index (χ4n) is 18.6. The number of benzene rings is 5. The molecule has 4 saturated carbocycles. The number of aliphatic hydroxyl groups excluding tert-OH is 6. The lowest BCUT2D eigenvalue weighted by atomic mass is 9.54. The molecular formula is C83H104ClN11O25. The van der Waals surface area contributed by atoms with Crippen molar-refractivity contribution in [2.24, 2.45) is 46.8 Å². The van der Waals surface area contributed by atoms with E-state index < -0.39 is 234 Å². The quantitative estimate of drug-likeness (QED) is 0.0666. The number of nitrogens with two attached hydrogens (primary N) is 3. The van der Waals surface area contributed by atoms with E-state index in [2.05, 4.69) is 42.5 Å². The molecule has 15 bridgehead atoms. The van der Waals surface area contributed by atoms with Crippen molar-refractivity contribution in [1.82, 2.24) is 42.5 Å². The van der Waals surface area contributed by atoms with Gasteiger partial charge in [-0.25, -0.2) is 0 Å². The van der Waals surface area contributed by atoms with E-state index in [0.717, 1.165) is 62.4 Å². The van der Waals surface area contributed by atoms with Gasteiger partial charge in [0.15, 0.2) is 30.2 Å². The third-order valence-electron chi connectivity index (χ3n) is 24.6. The number of ether oxygens (including phenoxy) is 8. The maximum absolute atomic E-state index is 16.6. The van der Waals surface area contributed by atoms with Gasteiger partial charge in [0.05, 0.1) is 48.5 Å². The molecule has 12 aliphatic rings. The molecule has 0 spiro atoms. The Kier molecular flexibility index (Phi) is 25.1. The lowest BCUT2D eigenvalue weighted by molar-refractivity contribution is -0.333. The van der Waals surface area contributed by atoms with E-state index in [0.29, 0.717) is 11.8 Å². The summed E-state index contributed by atoms with van der Waals surface area (Å²) in [5, 5.41) is 127. The smallest absolute Gasteiger partial charge is 0.248 e. The molecule has 8 aliphatic heterocycles. The normalized spacial score (nSPS) is 35.1. The fourth-order valence-corrected chi connectivity index (χ4v) is 18.9. The molecule has 36 nitrogen and oxygen atoms in total. The van der Waals surface area contributed by atoms with Gasteiger partial charge < -0.3 is 144 Å². The van der Waals surface area contributed by atoms with Crippen LogP contribution < -0.4 is 73.9 Å². The lowest BCUT2D eigenvalue weighted by Gasteiger charge is -2.54. The standard InChI is InChI=1S/C83H104ClN11O25/c1-32(2)16-48(88-7)74(106)94-64-66(101)39-11-15-52(47(84)23-39)116-54-25-42-24-53(70(54)120-81-71(68(103)67(102)55(31-96)117-81)119-58-30-83(6,87)73(105)34(4)114-58)115-44-12-8-37(9-13-44)69(118-57-29-82(5,86)72(104)33(3)113-57)65-80(112)93-63(78(110)90-60-40-18-35-17-36(20-40)21-41(60)19-35)46-26-43(97)27-51(99)59(46)45-22-38(10-14-50(45)98)61(76(108)95-65)92-77(109)62(42)91-75(107)49(28-56(85)100)89-79(64)111/h8-15,22-27,32-36,40-41,48-49,55,57-58,60-69,71-73,81,88,96-99,101-105H,16-21,28-31,86-87H2,1-7H3,(H2,85,100)(H,89,111)(H,90,110)(H,91,107)(H,92,109)(H,93,112)(H,94,106)(H,95,108)/t33?,34?,35?,36?,40?,41?,48-,49+,55?,57?,58?,60?,61-,62-,63+,64-,65?,66-,67?,68?,69-,71?,72?,73?,81?,82?,83?/m1/s1. The number of halogens is 1. The molecule has 0 radical (unpaired) electrons. The summed E-state index contributed by atoms with van der Waals surface area (Å²) in [4.78, 5) is 124. The topological polar surface area (TPSA) is 567 Å². The summed E-state index contributed by atoms with van der Waals surface area (Å²) >= 11 is 7.20. The van der Waals surface area contributed by atoms with Crippen LogP contribution >= 0.6 is 11.6 Å². The SMILES string of the molecule is CN[C@H](CC(C)C)C(=O)N[C@H]1C(=O)N[C@@H](CC(N)=O)C(=O)N[C@H]2C(=O)N[C@H]3C(=O)NC(C(=O)N[C@H](C(=O)NC4C5CC6CC(C5)CC4C6)c4cc(O)cc(O)c4-c4cc3ccc4O)[C@H](OC3CC(C)(N)C(O)C(C)O3)c3ccc(cc3)Oc3cc2cc(c3OC2OC(CO)C(O)C(O)C2OC2CC(C)(N)C(O)C(C)O2)Oc2ccc(cc2Cl)[C@H]1O. The van der Waals surface area contributed by atoms with Gasteiger partial charge in [0, 0.05) is 47.2 Å². The first-order valence-corrected chi connectivity index (χ1v) is 40.7. The summed E-state index contributed by atoms with van der Waals surface area (Å²) in [6, 6.07) is 2.82. The van der Waals surface area contributed by atoms with Crippen molar-refractivity contribution < 1.29 is 122 Å². The highest BCUT2D eigenvalue weighted by Gasteiger charge is 2.54. The minimum absolute atomic E-state index is 0.0346. The van der Waals surface area contributed by atoms with Gasteiger partial charge in [-0.2, -0.15) is 0 Å². The van der Waals surface area contributed by atoms with Crippen LogP contribution in [-0.4, -0.2) is 216 Å². The van der Waals surface area contributed by atoms with Crippen LogP contribution in [0.4, 0.5) is 0 Å². The third-order valence-corrected chi connectivity index (χ3v) is 24.9. The van der Waals surface area contributed by atoms with Crippen LogP contribution in [0.1, 0.15) is 157 Å². The highest BCUT2D eigenvalue weighted by atomic mass is 35.5. The zero-order valence-corrected chi connectivity index (χ0v) is 67.6. The van der Waals surface area contributed by atoms with Crippen LogP contribution in [-0.2, 0) is 62.0 Å². The summed E-state index contributed by atoms with van der Waals surface area (Å²) in [6.07, 6.45) is -17.6. The van der Waals surface area contributed by atoms with Crippen molar-refractivity contribution in [2.45, 2.75) is 239 Å². The van der Waals surface area contributed by atoms with Gasteiger partial charge in [-0.3, -0.25) is 38.4 Å². The second kappa shape index (κ2) is 34.7. The number of amides is 8. The summed E-state index contributed by atoms with van der Waals surface area (Å²) < 4.78 is 52.5. The Hall–Kier alpha value is -9.61. The first kappa shape index (κ1) is 86.8. The van der Waals surface area contributed by atoms with Crippen molar-refractivity contribution in [3.63, 3.8) is 0 Å². The summed E-state index contributed by atoms with van der Waals surface area (Å²) in [7, 11) is 1.49. The Morgan fingerprint density at radius 3 is 1.85 bits per heavy atom. The number of aromatic hydroxyl groups is 3. The molecule has 23 N–H and O–H groups in total. The largest absolute Gasteiger partial charge is 0.508 e. The molecule has 17 rings (SSSR count). The number of primary amides is 1. The molecular weight excluding hydrogens is 1590 g/mol. The zero-order chi connectivity index (χ0) is 86.2. The number of hydrogen-bond acceptors (Lipinski definition) is 28. The zero-order valence-electron chi connectivity index (χ0n) is 66.8. The average molecular weight is 1690 g/mol. The highest BCUT2D eigenvalue weighted by molar-refractivity contribution is 6.32. The Bertz CT molecular complexity index is 4720. The lowest BCUT2D eigenvalue weighted by Crippen LogP contribution is -2.64. The molecule has 648 valence electrons. The molecule has 4 aliphatic carbocycles. The van der Waals surface area contributed by atoms with Crippen LogP contribution in [0.2, 0.25) is 5.02 Å². The third kappa shape index (κ3) is 17.9. The Balaban J connectivity index is 0.989. The minimum Gasteiger partial charge on any atom is -0.508 e. The average Bonchev–Trinajstić information content (AvgIpc) is 0.756. The molecule has 22 atom stereocenters. The molecule has 8 heterocycles. The molecule has 7 fully saturated rings. The molecule has 120 heavy (non-hydrogen) atoms. The summed E-state index contributed by atoms with van der Waals surface area (Å²) in [5.74, 6) is -12.6. The molecule has 5 aromatic rings. The number of aliphatic hydroxyl groups is 6. The first-order valence-electron chi connectivity index (χ1n) is 40.3. The number of carbonyl (C=O) groups is 8. The van der Waals surface area contributed by atoms with Crippen molar-refractivity contribution in [2.75, 3.05) is 13.7 Å². The molecule has 8 amide bonds. The van der Waals surface area contributed by atoms with Crippen molar-refractivity contribution in [3.8, 4) is 57.1 Å². The number of hydrogen-bond donors (Lipinski definition) is 20. The van der Waals surface area contributed by atoms with Crippen LogP contribution in [0, 0.1) is 29.6 Å². The maximum Gasteiger partial charge on any atom is 0.248 e. The van der Waals surface area contributed by atoms with E-state index in [9.17, 15) is 55.5 Å². The van der Waals surface area contributed by atoms with E-state index in [1.165, 1.54) is 82.4 Å². The maximum atomic E-state index is 16.6. The Labute approximate surface area is 694 Å². The summed E-state index contributed by atoms with van der Waals surface area (Å²) in [6.45, 7) is 8.83. The number of rotatable bonds is 16. The van der Waals surface area contributed by atoms with E-state index >= 15 is 28.8 Å². The number of phenols is 3. The number of carbonyl (C=O) groups excluding carboxylic acids is 8. The molecule has 5 aromatic carbocycles. The number of phenolic OH excluding ortho intramolecular Hbond substituents is 3. The molecule has 0 aromatic heterocycles. The van der Waals surface area contributed by atoms with Gasteiger partial charge >= 0.3 is 0 Å². The van der Waals surface area contributed by atoms with Gasteiger partial charge in [0.2, 0.25) is 59.3 Å². The van der Waals surface area contributed by atoms with E-state index in [1.54, 1.807) is 6.92 Å². The predicted octanol–water partition coefficient (Wildman–Crippen LogP) is 1.55. The van der Waals surface area contributed by atoms with Gasteiger partial charge in [-0.15, -0.1) is 0 Å². The van der Waals surface area contributed by atoms with Gasteiger partial charge in [-0.05, 0) is 185 Å². The fraction of sp³-hybridized carbons (Fsp3) is 0.542. The van der Waals surface area contributed by atoms with Gasteiger partial charge in [0.1, 0.15) is 95.5 Å². The number of fused-ring (bicyclic) bond motifs is 15. The van der Waals surface area contributed by atoms with E-state index in [4.69, 9.17) is 66.7 Å². The second-order valence-corrected chi connectivity index (χ2v) is 34.7. The van der Waals surface area contributed by atoms with Crippen molar-refractivity contribution >= 4 is 58.9 Å². The van der Waals surface area contributed by atoms with E-state index in [1.807, 2.05) is 13.8 Å². The summed E-state index contributed by atoms with van der Waals surface area (Å²) in [5.41, 5.74) is 14.7. The molecule has 14 unspecified atom stereocenters. The number of nitrogens with one attached hydrogen (secondary N) is 8. The van der Waals surface area contributed by atoms with Crippen LogP contribution in [0.3, 0.4) is 0 Å². The second-order valence-electron chi connectivity index (χ2n) is 34.3. The van der Waals surface area contributed by atoms with Crippen molar-refractivity contribution in [1.29, 1.82) is 0 Å². The van der Waals surface area contributed by atoms with Gasteiger partial charge in [-0.1, -0.05) is 49.7 Å². The minimum atomic E-state index is -2.32. The van der Waals surface area contributed by atoms with Crippen LogP contribution in [0.15, 0.2) is 84.9 Å². The predicted molar refractivity (Wildman–Crippen MR) is 422 cm³/mol. The monoisotopic (exact) mass is 1690 g/mol. The van der Waals surface area contributed by atoms with E-state index in [-0.39, 0.29) is 93.0 Å². The van der Waals surface area contributed by atoms with Crippen molar-refractivity contribution in [3.05, 3.63) is 118 Å². The Morgan fingerprint density at radius 1 is 0.642 bits per heavy atom.